The Labute approximate surface area is 220 Å². The normalized spacial score (nSPS) is 27.6. The van der Waals surface area contributed by atoms with E-state index < -0.39 is 23.9 Å². The highest BCUT2D eigenvalue weighted by molar-refractivity contribution is 7.99. The molecule has 0 saturated heterocycles. The third-order valence-electron chi connectivity index (χ3n) is 6.95. The number of aliphatic hydroxyl groups excluding tert-OH is 2. The van der Waals surface area contributed by atoms with Gasteiger partial charge in [-0.05, 0) is 38.7 Å². The fraction of sp³-hybridized carbons (Fsp3) is 0.615. The highest BCUT2D eigenvalue weighted by Gasteiger charge is 2.44. The number of benzene rings is 1. The maximum atomic E-state index is 10.9. The third-order valence-corrected chi connectivity index (χ3v) is 8.00. The van der Waals surface area contributed by atoms with Gasteiger partial charge in [0, 0.05) is 23.6 Å². The predicted octanol–water partition coefficient (Wildman–Crippen LogP) is 2.76. The zero-order chi connectivity index (χ0) is 26.2. The van der Waals surface area contributed by atoms with E-state index >= 15 is 0 Å². The summed E-state index contributed by atoms with van der Waals surface area (Å²) >= 11 is 1.58. The van der Waals surface area contributed by atoms with Crippen LogP contribution < -0.4 is 5.32 Å². The van der Waals surface area contributed by atoms with Gasteiger partial charge in [-0.1, -0.05) is 54.2 Å². The maximum Gasteiger partial charge on any atom is 0.191 e. The highest BCUT2D eigenvalue weighted by Crippen LogP contribution is 2.43. The van der Waals surface area contributed by atoms with Gasteiger partial charge >= 0.3 is 0 Å². The molecule has 10 nitrogen and oxygen atoms in total. The van der Waals surface area contributed by atoms with Gasteiger partial charge in [-0.2, -0.15) is 0 Å². The second-order valence-corrected chi connectivity index (χ2v) is 11.8. The highest BCUT2D eigenvalue weighted by atomic mass is 32.2. The number of ether oxygens (including phenoxy) is 1. The summed E-state index contributed by atoms with van der Waals surface area (Å²) < 4.78 is 7.26. The van der Waals surface area contributed by atoms with Crippen LogP contribution in [0.15, 0.2) is 35.5 Å². The summed E-state index contributed by atoms with van der Waals surface area (Å²) in [6, 6.07) is 10.2. The van der Waals surface area contributed by atoms with Gasteiger partial charge in [0.1, 0.15) is 6.10 Å². The van der Waals surface area contributed by atoms with Gasteiger partial charge < -0.3 is 25.4 Å². The molecule has 2 saturated carbocycles. The Morgan fingerprint density at radius 1 is 1.14 bits per heavy atom. The van der Waals surface area contributed by atoms with Crippen molar-refractivity contribution < 1.29 is 20.1 Å². The molecule has 200 valence electrons. The maximum absolute atomic E-state index is 10.9. The smallest absolute Gasteiger partial charge is 0.191 e. The molecule has 6 atom stereocenters. The van der Waals surface area contributed by atoms with Crippen molar-refractivity contribution in [2.24, 2.45) is 5.92 Å². The van der Waals surface area contributed by atoms with Crippen LogP contribution in [0.4, 0.5) is 5.82 Å². The number of nitrogens with zero attached hydrogens (tertiary/aromatic N) is 5. The van der Waals surface area contributed by atoms with E-state index in [0.717, 1.165) is 18.6 Å². The fourth-order valence-corrected chi connectivity index (χ4v) is 5.65. The molecule has 0 spiro atoms. The van der Waals surface area contributed by atoms with Crippen LogP contribution in [0.25, 0.3) is 11.2 Å². The molecular formula is C26H36N6O4S. The molecule has 4 N–H and O–H groups in total. The van der Waals surface area contributed by atoms with Crippen LogP contribution in [0, 0.1) is 5.92 Å². The SMILES string of the molecule is CCCSc1nc(NC2CC2c2ccccc2)c2nnn([C@@H]3C[C@H](COCC(C)(C)O)[C@@H](O)[C@H]3O)c2n1. The lowest BCUT2D eigenvalue weighted by Gasteiger charge is -2.20. The van der Waals surface area contributed by atoms with E-state index in [-0.39, 0.29) is 25.2 Å². The minimum Gasteiger partial charge on any atom is -0.390 e. The molecule has 37 heavy (non-hydrogen) atoms. The fourth-order valence-electron chi connectivity index (χ4n) is 4.96. The molecule has 0 radical (unpaired) electrons. The second-order valence-electron chi connectivity index (χ2n) is 10.8. The van der Waals surface area contributed by atoms with Crippen molar-refractivity contribution in [3.63, 3.8) is 0 Å². The first-order valence-electron chi connectivity index (χ1n) is 13.0. The lowest BCUT2D eigenvalue weighted by molar-refractivity contribution is -0.0529. The first-order valence-corrected chi connectivity index (χ1v) is 14.0. The van der Waals surface area contributed by atoms with E-state index in [2.05, 4.69) is 46.8 Å². The van der Waals surface area contributed by atoms with Crippen LogP contribution in [0.3, 0.4) is 0 Å². The molecular weight excluding hydrogens is 492 g/mol. The number of thioether (sulfide) groups is 1. The zero-order valence-corrected chi connectivity index (χ0v) is 22.3. The molecule has 2 fully saturated rings. The average Bonchev–Trinajstić information content (AvgIpc) is 3.42. The molecule has 1 aromatic carbocycles. The Balaban J connectivity index is 1.38. The number of hydrogen-bond donors (Lipinski definition) is 4. The summed E-state index contributed by atoms with van der Waals surface area (Å²) in [5.74, 6) is 1.66. The van der Waals surface area contributed by atoms with Crippen LogP contribution in [0.5, 0.6) is 0 Å². The van der Waals surface area contributed by atoms with Crippen LogP contribution in [0.1, 0.15) is 57.6 Å². The first-order chi connectivity index (χ1) is 17.7. The summed E-state index contributed by atoms with van der Waals surface area (Å²) in [7, 11) is 0. The van der Waals surface area contributed by atoms with Gasteiger partial charge in [0.15, 0.2) is 22.1 Å². The second kappa shape index (κ2) is 10.8. The summed E-state index contributed by atoms with van der Waals surface area (Å²) in [5.41, 5.74) is 1.44. The Morgan fingerprint density at radius 3 is 2.65 bits per heavy atom. The largest absolute Gasteiger partial charge is 0.390 e. The molecule has 2 aliphatic rings. The first kappa shape index (κ1) is 26.3. The van der Waals surface area contributed by atoms with Gasteiger partial charge in [0.25, 0.3) is 0 Å². The van der Waals surface area contributed by atoms with Crippen LogP contribution >= 0.6 is 11.8 Å². The van der Waals surface area contributed by atoms with Gasteiger partial charge in [-0.3, -0.25) is 0 Å². The molecule has 11 heteroatoms. The topological polar surface area (TPSA) is 138 Å². The van der Waals surface area contributed by atoms with E-state index in [4.69, 9.17) is 14.7 Å². The van der Waals surface area contributed by atoms with Crippen LogP contribution in [0.2, 0.25) is 0 Å². The van der Waals surface area contributed by atoms with Crippen molar-refractivity contribution in [1.82, 2.24) is 25.0 Å². The molecule has 2 aliphatic carbocycles. The number of fused-ring (bicyclic) bond motifs is 1. The molecule has 2 unspecified atom stereocenters. The van der Waals surface area contributed by atoms with E-state index in [9.17, 15) is 15.3 Å². The molecule has 0 amide bonds. The number of rotatable bonds is 11. The Morgan fingerprint density at radius 2 is 1.92 bits per heavy atom. The lowest BCUT2D eigenvalue weighted by atomic mass is 10.1. The minimum atomic E-state index is -1.04. The third kappa shape index (κ3) is 5.91. The zero-order valence-electron chi connectivity index (χ0n) is 21.5. The summed E-state index contributed by atoms with van der Waals surface area (Å²) in [6.45, 7) is 5.82. The van der Waals surface area contributed by atoms with Crippen molar-refractivity contribution in [3.8, 4) is 0 Å². The van der Waals surface area contributed by atoms with Gasteiger partial charge in [0.05, 0.1) is 31.0 Å². The van der Waals surface area contributed by atoms with Crippen molar-refractivity contribution in [1.29, 1.82) is 0 Å². The summed E-state index contributed by atoms with van der Waals surface area (Å²) in [4.78, 5) is 9.52. The lowest BCUT2D eigenvalue weighted by Crippen LogP contribution is -2.33. The van der Waals surface area contributed by atoms with Crippen LogP contribution in [-0.4, -0.2) is 83.1 Å². The Kier molecular flexibility index (Phi) is 7.69. The van der Waals surface area contributed by atoms with Gasteiger partial charge in [-0.15, -0.1) is 5.10 Å². The molecule has 0 bridgehead atoms. The van der Waals surface area contributed by atoms with Gasteiger partial charge in [0.2, 0.25) is 0 Å². The number of hydrogen-bond acceptors (Lipinski definition) is 10. The molecule has 0 aliphatic heterocycles. The number of aliphatic hydroxyl groups is 3. The molecule has 2 heterocycles. The van der Waals surface area contributed by atoms with Crippen molar-refractivity contribution >= 4 is 28.7 Å². The molecule has 2 aromatic heterocycles. The molecule has 3 aromatic rings. The predicted molar refractivity (Wildman–Crippen MR) is 142 cm³/mol. The number of anilines is 1. The standard InChI is InChI=1S/C26H36N6O4S/c1-4-10-37-25-28-23(27-18-12-17(18)15-8-6-5-7-9-15)20-24(29-25)32(31-30-20)19-11-16(21(33)22(19)34)13-36-14-26(2,3)35/h5-9,16-19,21-22,33-35H,4,10-14H2,1-3H3,(H,27,28,29)/t16-,17?,18?,19-,21-,22+/m1/s1. The van der Waals surface area contributed by atoms with Gasteiger partial charge in [-0.25, -0.2) is 14.6 Å². The quantitative estimate of drug-likeness (QED) is 0.217. The Bertz CT molecular complexity index is 1200. The number of nitrogens with one attached hydrogen (secondary N) is 1. The van der Waals surface area contributed by atoms with E-state index in [1.165, 1.54) is 5.56 Å². The molecule has 5 rings (SSSR count). The van der Waals surface area contributed by atoms with E-state index in [1.807, 2.05) is 6.07 Å². The van der Waals surface area contributed by atoms with Crippen molar-refractivity contribution in [2.75, 3.05) is 24.3 Å². The van der Waals surface area contributed by atoms with E-state index in [1.54, 1.807) is 30.3 Å². The number of aromatic nitrogens is 5. The van der Waals surface area contributed by atoms with Crippen molar-refractivity contribution in [2.45, 2.75) is 81.0 Å². The van der Waals surface area contributed by atoms with E-state index in [0.29, 0.717) is 34.5 Å². The summed E-state index contributed by atoms with van der Waals surface area (Å²) in [6.07, 6.45) is 0.448. The Hall–Kier alpha value is -2.31. The average molecular weight is 529 g/mol. The minimum absolute atomic E-state index is 0.147. The van der Waals surface area contributed by atoms with Crippen molar-refractivity contribution in [3.05, 3.63) is 35.9 Å². The van der Waals surface area contributed by atoms with Crippen LogP contribution in [-0.2, 0) is 4.74 Å². The monoisotopic (exact) mass is 528 g/mol. The summed E-state index contributed by atoms with van der Waals surface area (Å²) in [5, 5.41) is 44.5.